The Bertz CT molecular complexity index is 417. The van der Waals surface area contributed by atoms with Crippen LogP contribution in [0.2, 0.25) is 0 Å². The zero-order valence-corrected chi connectivity index (χ0v) is 11.6. The molecule has 1 aliphatic heterocycles. The Balaban J connectivity index is 2.40. The highest BCUT2D eigenvalue weighted by Gasteiger charge is 2.24. The van der Waals surface area contributed by atoms with Crippen molar-refractivity contribution in [1.29, 1.82) is 0 Å². The molecule has 0 spiro atoms. The van der Waals surface area contributed by atoms with Crippen LogP contribution >= 0.6 is 0 Å². The van der Waals surface area contributed by atoms with Gasteiger partial charge in [0.25, 0.3) is 0 Å². The third-order valence-electron chi connectivity index (χ3n) is 3.86. The van der Waals surface area contributed by atoms with Gasteiger partial charge in [0.1, 0.15) is 5.75 Å². The lowest BCUT2D eigenvalue weighted by Crippen LogP contribution is -2.33. The number of fused-ring (bicyclic) bond motifs is 1. The van der Waals surface area contributed by atoms with Crippen LogP contribution in [0.25, 0.3) is 0 Å². The molecule has 18 heavy (non-hydrogen) atoms. The minimum absolute atomic E-state index is 0.0501. The smallest absolute Gasteiger partial charge is 0.125 e. The summed E-state index contributed by atoms with van der Waals surface area (Å²) < 4.78 is 5.63. The summed E-state index contributed by atoms with van der Waals surface area (Å²) >= 11 is 0. The maximum absolute atomic E-state index is 9.42. The number of aliphatic hydroxyl groups excluding tert-OH is 1. The molecule has 0 saturated carbocycles. The van der Waals surface area contributed by atoms with Gasteiger partial charge in [-0.25, -0.2) is 0 Å². The molecule has 1 heterocycles. The maximum atomic E-state index is 9.42. The van der Waals surface area contributed by atoms with Gasteiger partial charge in [0.15, 0.2) is 0 Å². The largest absolute Gasteiger partial charge is 0.493 e. The third kappa shape index (κ3) is 2.38. The van der Waals surface area contributed by atoms with E-state index in [1.165, 1.54) is 11.1 Å². The van der Waals surface area contributed by atoms with E-state index in [1.807, 2.05) is 6.92 Å². The highest BCUT2D eigenvalue weighted by atomic mass is 16.5. The second-order valence-electron chi connectivity index (χ2n) is 4.80. The van der Waals surface area contributed by atoms with Gasteiger partial charge in [-0.1, -0.05) is 6.92 Å². The van der Waals surface area contributed by atoms with Crippen LogP contribution in [-0.2, 0) is 13.0 Å². The van der Waals surface area contributed by atoms with E-state index >= 15 is 0 Å². The van der Waals surface area contributed by atoms with Crippen molar-refractivity contribution in [2.75, 3.05) is 19.7 Å². The molecular formula is C15H23NO2. The van der Waals surface area contributed by atoms with Crippen molar-refractivity contribution in [2.24, 2.45) is 0 Å². The summed E-state index contributed by atoms with van der Waals surface area (Å²) in [6.07, 6.45) is 1.06. The molecule has 3 heteroatoms. The number of rotatable bonds is 4. The summed E-state index contributed by atoms with van der Waals surface area (Å²) in [4.78, 5) is 2.47. The highest BCUT2D eigenvalue weighted by Crippen LogP contribution is 2.34. The Morgan fingerprint density at radius 1 is 1.39 bits per heavy atom. The molecule has 0 aromatic heterocycles. The fourth-order valence-corrected chi connectivity index (χ4v) is 2.80. The van der Waals surface area contributed by atoms with Crippen LogP contribution in [0, 0.1) is 0 Å². The Morgan fingerprint density at radius 3 is 2.78 bits per heavy atom. The fourth-order valence-electron chi connectivity index (χ4n) is 2.80. The molecule has 3 nitrogen and oxygen atoms in total. The summed E-state index contributed by atoms with van der Waals surface area (Å²) in [5, 5.41) is 9.42. The van der Waals surface area contributed by atoms with Gasteiger partial charge < -0.3 is 9.84 Å². The summed E-state index contributed by atoms with van der Waals surface area (Å²) in [6.45, 7) is 9.28. The van der Waals surface area contributed by atoms with E-state index in [0.29, 0.717) is 12.6 Å². The highest BCUT2D eigenvalue weighted by molar-refractivity contribution is 5.45. The van der Waals surface area contributed by atoms with Gasteiger partial charge in [0.05, 0.1) is 13.2 Å². The molecule has 0 saturated heterocycles. The Kier molecular flexibility index (Phi) is 4.25. The molecular weight excluding hydrogens is 226 g/mol. The van der Waals surface area contributed by atoms with Gasteiger partial charge in [-0.15, -0.1) is 0 Å². The van der Waals surface area contributed by atoms with Crippen molar-refractivity contribution in [1.82, 2.24) is 4.90 Å². The molecule has 1 atom stereocenters. The first kappa shape index (κ1) is 13.4. The first-order valence-electron chi connectivity index (χ1n) is 6.84. The van der Waals surface area contributed by atoms with E-state index in [-0.39, 0.29) is 6.61 Å². The first-order valence-corrected chi connectivity index (χ1v) is 6.84. The summed E-state index contributed by atoms with van der Waals surface area (Å²) in [5.41, 5.74) is 3.62. The molecule has 2 rings (SSSR count). The molecule has 0 bridgehead atoms. The van der Waals surface area contributed by atoms with Crippen LogP contribution < -0.4 is 4.74 Å². The van der Waals surface area contributed by atoms with E-state index in [2.05, 4.69) is 30.9 Å². The Morgan fingerprint density at radius 2 is 2.17 bits per heavy atom. The van der Waals surface area contributed by atoms with Crippen molar-refractivity contribution < 1.29 is 9.84 Å². The van der Waals surface area contributed by atoms with Crippen molar-refractivity contribution in [3.63, 3.8) is 0 Å². The molecule has 0 amide bonds. The van der Waals surface area contributed by atoms with Crippen LogP contribution in [-0.4, -0.2) is 29.7 Å². The first-order chi connectivity index (χ1) is 8.71. The Labute approximate surface area is 109 Å². The number of hydrogen-bond donors (Lipinski definition) is 1. The minimum atomic E-state index is 0.0501. The molecule has 0 aliphatic carbocycles. The SMILES string of the molecule is CCOc1cc2c(cc1CO)CCN(CC)C2C. The second kappa shape index (κ2) is 5.72. The standard InChI is InChI=1S/C15H23NO2/c1-4-16-7-6-12-8-13(10-17)15(18-5-2)9-14(12)11(16)3/h8-9,11,17H,4-7,10H2,1-3H3. The van der Waals surface area contributed by atoms with Gasteiger partial charge in [0, 0.05) is 18.2 Å². The second-order valence-corrected chi connectivity index (χ2v) is 4.80. The van der Waals surface area contributed by atoms with E-state index < -0.39 is 0 Å². The molecule has 1 unspecified atom stereocenters. The number of aliphatic hydroxyl groups is 1. The van der Waals surface area contributed by atoms with E-state index in [4.69, 9.17) is 4.74 Å². The van der Waals surface area contributed by atoms with Gasteiger partial charge in [-0.3, -0.25) is 4.90 Å². The summed E-state index contributed by atoms with van der Waals surface area (Å²) in [5.74, 6) is 0.837. The fraction of sp³-hybridized carbons (Fsp3) is 0.600. The molecule has 1 aliphatic rings. The Hall–Kier alpha value is -1.06. The van der Waals surface area contributed by atoms with E-state index in [0.717, 1.165) is 30.8 Å². The van der Waals surface area contributed by atoms with Crippen LogP contribution in [0.3, 0.4) is 0 Å². The van der Waals surface area contributed by atoms with Crippen LogP contribution in [0.15, 0.2) is 12.1 Å². The molecule has 1 N–H and O–H groups in total. The third-order valence-corrected chi connectivity index (χ3v) is 3.86. The molecule has 1 aromatic carbocycles. The monoisotopic (exact) mass is 249 g/mol. The van der Waals surface area contributed by atoms with Gasteiger partial charge in [-0.05, 0) is 50.1 Å². The van der Waals surface area contributed by atoms with E-state index in [9.17, 15) is 5.11 Å². The van der Waals surface area contributed by atoms with Crippen LogP contribution in [0.4, 0.5) is 0 Å². The quantitative estimate of drug-likeness (QED) is 0.890. The summed E-state index contributed by atoms with van der Waals surface area (Å²) in [6, 6.07) is 4.67. The molecule has 0 radical (unpaired) electrons. The summed E-state index contributed by atoms with van der Waals surface area (Å²) in [7, 11) is 0. The van der Waals surface area contributed by atoms with E-state index in [1.54, 1.807) is 0 Å². The number of ether oxygens (including phenoxy) is 1. The normalized spacial score (nSPS) is 19.7. The molecule has 1 aromatic rings. The van der Waals surface area contributed by atoms with Gasteiger partial charge >= 0.3 is 0 Å². The molecule has 0 fully saturated rings. The topological polar surface area (TPSA) is 32.7 Å². The number of benzene rings is 1. The van der Waals surface area contributed by atoms with Crippen molar-refractivity contribution >= 4 is 0 Å². The van der Waals surface area contributed by atoms with Crippen molar-refractivity contribution in [2.45, 2.75) is 39.8 Å². The lowest BCUT2D eigenvalue weighted by Gasteiger charge is -2.35. The zero-order chi connectivity index (χ0) is 13.1. The minimum Gasteiger partial charge on any atom is -0.493 e. The average molecular weight is 249 g/mol. The molecule has 100 valence electrons. The predicted octanol–water partition coefficient (Wildman–Crippen LogP) is 2.52. The average Bonchev–Trinajstić information content (AvgIpc) is 2.39. The predicted molar refractivity (Wildman–Crippen MR) is 72.9 cm³/mol. The van der Waals surface area contributed by atoms with Gasteiger partial charge in [0.2, 0.25) is 0 Å². The number of hydrogen-bond acceptors (Lipinski definition) is 3. The number of nitrogens with zero attached hydrogens (tertiary/aromatic N) is 1. The van der Waals surface area contributed by atoms with Gasteiger partial charge in [-0.2, -0.15) is 0 Å². The maximum Gasteiger partial charge on any atom is 0.125 e. The number of likely N-dealkylation sites (N-methyl/N-ethyl adjacent to an activating group) is 1. The zero-order valence-electron chi connectivity index (χ0n) is 11.6. The van der Waals surface area contributed by atoms with Crippen LogP contribution in [0.1, 0.15) is 43.5 Å². The van der Waals surface area contributed by atoms with Crippen molar-refractivity contribution in [3.8, 4) is 5.75 Å². The lowest BCUT2D eigenvalue weighted by molar-refractivity contribution is 0.208. The lowest BCUT2D eigenvalue weighted by atomic mass is 9.91. The van der Waals surface area contributed by atoms with Crippen LogP contribution in [0.5, 0.6) is 5.75 Å². The van der Waals surface area contributed by atoms with Crippen molar-refractivity contribution in [3.05, 3.63) is 28.8 Å².